The summed E-state index contributed by atoms with van der Waals surface area (Å²) in [7, 11) is 4.44. The standard InChI is InChI=1S/C24H23F3N6O2/c1-13-21-15(22(32(3)30-21)18-12-19(24(25,26)27)31(2)29-18)9-10-33(13)23(34)16-11-20(35-4)28-17-8-6-5-7-14(16)17/h5-8,11-13H,9-10H2,1-4H3. The fraction of sp³-hybridized carbons (Fsp3) is 0.333. The van der Waals surface area contributed by atoms with E-state index in [9.17, 15) is 18.0 Å². The molecule has 0 spiro atoms. The Labute approximate surface area is 198 Å². The van der Waals surface area contributed by atoms with Gasteiger partial charge in [0, 0.05) is 37.7 Å². The number of alkyl halides is 3. The highest BCUT2D eigenvalue weighted by Gasteiger charge is 2.38. The maximum Gasteiger partial charge on any atom is 0.433 e. The number of hydrogen-bond donors (Lipinski definition) is 0. The Hall–Kier alpha value is -3.89. The molecule has 0 saturated heterocycles. The third-order valence-electron chi connectivity index (χ3n) is 6.45. The van der Waals surface area contributed by atoms with Crippen LogP contribution in [0.1, 0.15) is 40.3 Å². The Balaban J connectivity index is 1.53. The van der Waals surface area contributed by atoms with Crippen molar-refractivity contribution in [2.24, 2.45) is 14.1 Å². The van der Waals surface area contributed by atoms with E-state index in [-0.39, 0.29) is 11.6 Å². The third kappa shape index (κ3) is 3.71. The van der Waals surface area contributed by atoms with E-state index in [2.05, 4.69) is 15.2 Å². The summed E-state index contributed by atoms with van der Waals surface area (Å²) in [5.74, 6) is 0.151. The summed E-state index contributed by atoms with van der Waals surface area (Å²) in [6.45, 7) is 2.25. The Morgan fingerprint density at radius 1 is 1.11 bits per heavy atom. The average molecular weight is 484 g/mol. The van der Waals surface area contributed by atoms with E-state index in [1.54, 1.807) is 22.7 Å². The average Bonchev–Trinajstić information content (AvgIpc) is 3.37. The van der Waals surface area contributed by atoms with Crippen molar-refractivity contribution in [1.82, 2.24) is 29.4 Å². The largest absolute Gasteiger partial charge is 0.481 e. The molecule has 8 nitrogen and oxygen atoms in total. The number of amides is 1. The van der Waals surface area contributed by atoms with Gasteiger partial charge in [-0.2, -0.15) is 23.4 Å². The second-order valence-corrected chi connectivity index (χ2v) is 8.53. The predicted molar refractivity (Wildman–Crippen MR) is 122 cm³/mol. The van der Waals surface area contributed by atoms with Gasteiger partial charge in [-0.15, -0.1) is 0 Å². The van der Waals surface area contributed by atoms with E-state index in [0.717, 1.165) is 16.3 Å². The summed E-state index contributed by atoms with van der Waals surface area (Å²) >= 11 is 0. The van der Waals surface area contributed by atoms with Gasteiger partial charge in [0.1, 0.15) is 11.4 Å². The summed E-state index contributed by atoms with van der Waals surface area (Å²) in [5.41, 5.74) is 2.46. The van der Waals surface area contributed by atoms with Crippen LogP contribution in [-0.4, -0.2) is 49.0 Å². The molecule has 0 radical (unpaired) electrons. The summed E-state index contributed by atoms with van der Waals surface area (Å²) in [5, 5.41) is 9.40. The van der Waals surface area contributed by atoms with Crippen molar-refractivity contribution in [3.8, 4) is 17.3 Å². The first-order valence-corrected chi connectivity index (χ1v) is 11.0. The number of fused-ring (bicyclic) bond motifs is 2. The van der Waals surface area contributed by atoms with Crippen LogP contribution in [0.15, 0.2) is 36.4 Å². The summed E-state index contributed by atoms with van der Waals surface area (Å²) in [6.07, 6.45) is -4.07. The molecule has 0 fully saturated rings. The van der Waals surface area contributed by atoms with Gasteiger partial charge in [-0.05, 0) is 25.5 Å². The van der Waals surface area contributed by atoms with Crippen LogP contribution in [-0.2, 0) is 26.7 Å². The first-order valence-electron chi connectivity index (χ1n) is 11.0. The molecule has 1 aromatic carbocycles. The van der Waals surface area contributed by atoms with Crippen molar-refractivity contribution in [2.75, 3.05) is 13.7 Å². The lowest BCUT2D eigenvalue weighted by Crippen LogP contribution is -2.39. The number of pyridine rings is 1. The first-order chi connectivity index (χ1) is 16.6. The van der Waals surface area contributed by atoms with E-state index >= 15 is 0 Å². The van der Waals surface area contributed by atoms with E-state index in [1.165, 1.54) is 14.2 Å². The SMILES string of the molecule is COc1cc(C(=O)N2CCc3c(nn(C)c3-c3cc(C(F)(F)F)n(C)n3)C2C)c2ccccc2n1. The number of benzene rings is 1. The smallest absolute Gasteiger partial charge is 0.433 e. The molecule has 0 aliphatic carbocycles. The number of aromatic nitrogens is 5. The number of carbonyl (C=O) groups is 1. The van der Waals surface area contributed by atoms with Crippen molar-refractivity contribution in [1.29, 1.82) is 0 Å². The zero-order valence-electron chi connectivity index (χ0n) is 19.6. The van der Waals surface area contributed by atoms with Crippen molar-refractivity contribution < 1.29 is 22.7 Å². The molecule has 1 amide bonds. The van der Waals surface area contributed by atoms with Gasteiger partial charge >= 0.3 is 6.18 Å². The second kappa shape index (κ2) is 8.10. The molecule has 1 unspecified atom stereocenters. The zero-order chi connectivity index (χ0) is 25.1. The van der Waals surface area contributed by atoms with Crippen LogP contribution >= 0.6 is 0 Å². The number of halogens is 3. The lowest BCUT2D eigenvalue weighted by Gasteiger charge is -2.33. The van der Waals surface area contributed by atoms with E-state index < -0.39 is 17.9 Å². The van der Waals surface area contributed by atoms with Gasteiger partial charge in [0.2, 0.25) is 5.88 Å². The second-order valence-electron chi connectivity index (χ2n) is 8.53. The number of carbonyl (C=O) groups excluding carboxylic acids is 1. The van der Waals surface area contributed by atoms with Gasteiger partial charge < -0.3 is 9.64 Å². The molecule has 0 saturated carbocycles. The minimum absolute atomic E-state index is 0.190. The molecule has 1 aliphatic heterocycles. The molecule has 0 bridgehead atoms. The van der Waals surface area contributed by atoms with Crippen molar-refractivity contribution in [2.45, 2.75) is 25.6 Å². The molecule has 11 heteroatoms. The van der Waals surface area contributed by atoms with Gasteiger partial charge in [0.25, 0.3) is 5.91 Å². The molecule has 0 N–H and O–H groups in total. The molecule has 3 aromatic heterocycles. The fourth-order valence-electron chi connectivity index (χ4n) is 4.78. The first kappa shape index (κ1) is 22.9. The molecule has 35 heavy (non-hydrogen) atoms. The molecule has 5 rings (SSSR count). The highest BCUT2D eigenvalue weighted by atomic mass is 19.4. The minimum atomic E-state index is -4.51. The van der Waals surface area contributed by atoms with Gasteiger partial charge in [-0.3, -0.25) is 14.2 Å². The van der Waals surface area contributed by atoms with Gasteiger partial charge in [0.15, 0.2) is 0 Å². The Bertz CT molecular complexity index is 1460. The Morgan fingerprint density at radius 3 is 2.54 bits per heavy atom. The highest BCUT2D eigenvalue weighted by Crippen LogP contribution is 2.38. The zero-order valence-corrected chi connectivity index (χ0v) is 19.6. The van der Waals surface area contributed by atoms with Crippen LogP contribution in [0.25, 0.3) is 22.3 Å². The minimum Gasteiger partial charge on any atom is -0.481 e. The van der Waals surface area contributed by atoms with Crippen molar-refractivity contribution in [3.05, 3.63) is 58.9 Å². The lowest BCUT2D eigenvalue weighted by atomic mass is 9.96. The van der Waals surface area contributed by atoms with Crippen LogP contribution < -0.4 is 4.74 Å². The maximum absolute atomic E-state index is 13.7. The number of ether oxygens (including phenoxy) is 1. The van der Waals surface area contributed by atoms with Crippen molar-refractivity contribution >= 4 is 16.8 Å². The fourth-order valence-corrected chi connectivity index (χ4v) is 4.78. The molecular formula is C24H23F3N6O2. The van der Waals surface area contributed by atoms with Crippen LogP contribution in [0, 0.1) is 0 Å². The van der Waals surface area contributed by atoms with Crippen LogP contribution in [0.3, 0.4) is 0 Å². The molecular weight excluding hydrogens is 461 g/mol. The molecule has 1 aliphatic rings. The number of nitrogens with zero attached hydrogens (tertiary/aromatic N) is 6. The number of para-hydroxylation sites is 1. The lowest BCUT2D eigenvalue weighted by molar-refractivity contribution is -0.143. The monoisotopic (exact) mass is 484 g/mol. The van der Waals surface area contributed by atoms with Crippen molar-refractivity contribution in [3.63, 3.8) is 0 Å². The molecule has 1 atom stereocenters. The topological polar surface area (TPSA) is 78.1 Å². The van der Waals surface area contributed by atoms with E-state index in [0.29, 0.717) is 46.7 Å². The number of rotatable bonds is 3. The molecule has 4 aromatic rings. The quantitative estimate of drug-likeness (QED) is 0.437. The predicted octanol–water partition coefficient (Wildman–Crippen LogP) is 4.16. The number of methoxy groups -OCH3 is 1. The summed E-state index contributed by atoms with van der Waals surface area (Å²) < 4.78 is 47.7. The normalized spacial score (nSPS) is 16.0. The van der Waals surface area contributed by atoms with Crippen LogP contribution in [0.5, 0.6) is 5.88 Å². The maximum atomic E-state index is 13.7. The van der Waals surface area contributed by atoms with E-state index in [1.807, 2.05) is 31.2 Å². The van der Waals surface area contributed by atoms with E-state index in [4.69, 9.17) is 4.74 Å². The van der Waals surface area contributed by atoms with Crippen LogP contribution in [0.2, 0.25) is 0 Å². The Kier molecular flexibility index (Phi) is 5.30. The van der Waals surface area contributed by atoms with Crippen LogP contribution in [0.4, 0.5) is 13.2 Å². The number of hydrogen-bond acceptors (Lipinski definition) is 5. The molecule has 182 valence electrons. The Morgan fingerprint density at radius 2 is 1.86 bits per heavy atom. The highest BCUT2D eigenvalue weighted by molar-refractivity contribution is 6.06. The third-order valence-corrected chi connectivity index (χ3v) is 6.45. The van der Waals surface area contributed by atoms with Gasteiger partial charge in [-0.1, -0.05) is 18.2 Å². The molecule has 4 heterocycles. The summed E-state index contributed by atoms with van der Waals surface area (Å²) in [6, 6.07) is 9.62. The van der Waals surface area contributed by atoms with Gasteiger partial charge in [-0.25, -0.2) is 4.98 Å². The summed E-state index contributed by atoms with van der Waals surface area (Å²) in [4.78, 5) is 19.8. The van der Waals surface area contributed by atoms with Gasteiger partial charge in [0.05, 0.1) is 35.6 Å². The number of aryl methyl sites for hydroxylation is 2.